The summed E-state index contributed by atoms with van der Waals surface area (Å²) in [5.41, 5.74) is 3.52. The Kier molecular flexibility index (Phi) is 4.92. The molecule has 2 unspecified atom stereocenters. The Balaban J connectivity index is 1.37. The van der Waals surface area contributed by atoms with E-state index in [1.54, 1.807) is 6.20 Å². The lowest BCUT2D eigenvalue weighted by Crippen LogP contribution is -2.60. The number of aliphatic hydroxyl groups is 1. The molecule has 2 fully saturated rings. The van der Waals surface area contributed by atoms with Gasteiger partial charge in [0.15, 0.2) is 0 Å². The zero-order valence-electron chi connectivity index (χ0n) is 16.4. The Hall–Kier alpha value is -2.53. The highest BCUT2D eigenvalue weighted by Gasteiger charge is 2.46. The van der Waals surface area contributed by atoms with Crippen molar-refractivity contribution in [3.05, 3.63) is 90.1 Å². The van der Waals surface area contributed by atoms with Gasteiger partial charge < -0.3 is 9.84 Å². The van der Waals surface area contributed by atoms with E-state index in [4.69, 9.17) is 4.74 Å². The van der Waals surface area contributed by atoms with E-state index in [9.17, 15) is 5.11 Å². The molecule has 29 heavy (non-hydrogen) atoms. The van der Waals surface area contributed by atoms with Crippen LogP contribution < -0.4 is 0 Å². The van der Waals surface area contributed by atoms with E-state index in [1.807, 2.05) is 18.2 Å². The van der Waals surface area contributed by atoms with Crippen molar-refractivity contribution in [2.45, 2.75) is 37.1 Å². The number of ether oxygens (including phenoxy) is 1. The van der Waals surface area contributed by atoms with Crippen LogP contribution in [0, 0.1) is 0 Å². The number of rotatable bonds is 4. The van der Waals surface area contributed by atoms with E-state index in [0.29, 0.717) is 26.1 Å². The Labute approximate surface area is 171 Å². The summed E-state index contributed by atoms with van der Waals surface area (Å²) in [4.78, 5) is 6.94. The van der Waals surface area contributed by atoms with Gasteiger partial charge in [-0.1, -0.05) is 60.7 Å². The minimum absolute atomic E-state index is 0.225. The van der Waals surface area contributed by atoms with Gasteiger partial charge in [0.1, 0.15) is 0 Å². The molecule has 2 saturated heterocycles. The zero-order valence-corrected chi connectivity index (χ0v) is 16.4. The number of nitrogens with zero attached hydrogens (tertiary/aromatic N) is 2. The van der Waals surface area contributed by atoms with Crippen molar-refractivity contribution < 1.29 is 9.84 Å². The van der Waals surface area contributed by atoms with E-state index >= 15 is 0 Å². The van der Waals surface area contributed by atoms with Gasteiger partial charge in [0.05, 0.1) is 24.5 Å². The van der Waals surface area contributed by atoms with Gasteiger partial charge >= 0.3 is 0 Å². The molecule has 148 valence electrons. The molecule has 2 aliphatic rings. The van der Waals surface area contributed by atoms with Crippen molar-refractivity contribution in [3.63, 3.8) is 0 Å². The minimum atomic E-state index is -0.811. The highest BCUT2D eigenvalue weighted by atomic mass is 16.5. The Bertz CT molecular complexity index is 930. The number of hydrogen-bond acceptors (Lipinski definition) is 4. The summed E-state index contributed by atoms with van der Waals surface area (Å²) in [5.74, 6) is 0. The third-order valence-electron chi connectivity index (χ3n) is 6.30. The molecule has 5 rings (SSSR count). The van der Waals surface area contributed by atoms with Gasteiger partial charge in [-0.2, -0.15) is 0 Å². The van der Waals surface area contributed by atoms with Crippen LogP contribution in [0.2, 0.25) is 0 Å². The largest absolute Gasteiger partial charge is 0.385 e. The van der Waals surface area contributed by atoms with Gasteiger partial charge in [-0.05, 0) is 36.1 Å². The topological polar surface area (TPSA) is 45.6 Å². The smallest absolute Gasteiger partial charge is 0.0928 e. The predicted octanol–water partition coefficient (Wildman–Crippen LogP) is 4.00. The number of morpholine rings is 1. The van der Waals surface area contributed by atoms with Gasteiger partial charge in [0.2, 0.25) is 0 Å². The Morgan fingerprint density at radius 3 is 2.24 bits per heavy atom. The van der Waals surface area contributed by atoms with Crippen molar-refractivity contribution in [2.24, 2.45) is 0 Å². The first-order valence-corrected chi connectivity index (χ1v) is 10.3. The van der Waals surface area contributed by atoms with E-state index in [1.165, 1.54) is 5.56 Å². The molecule has 4 heteroatoms. The molecule has 4 nitrogen and oxygen atoms in total. The highest BCUT2D eigenvalue weighted by Crippen LogP contribution is 2.42. The van der Waals surface area contributed by atoms with E-state index in [2.05, 4.69) is 64.5 Å². The minimum Gasteiger partial charge on any atom is -0.385 e. The molecule has 2 bridgehead atoms. The van der Waals surface area contributed by atoms with E-state index < -0.39 is 5.60 Å². The maximum absolute atomic E-state index is 11.6. The lowest BCUT2D eigenvalue weighted by Gasteiger charge is -2.52. The Morgan fingerprint density at radius 1 is 0.897 bits per heavy atom. The SMILES string of the molecule is OC1(c2ccc(-c3ccccn3)cc2)CC2COCC(C1)N2Cc1ccccc1. The number of piperidine rings is 1. The van der Waals surface area contributed by atoms with Crippen molar-refractivity contribution >= 4 is 0 Å². The molecule has 0 aliphatic carbocycles. The molecular weight excluding hydrogens is 360 g/mol. The fraction of sp³-hybridized carbons (Fsp3) is 0.320. The van der Waals surface area contributed by atoms with Crippen LogP contribution in [0.4, 0.5) is 0 Å². The molecule has 0 spiro atoms. The number of pyridine rings is 1. The van der Waals surface area contributed by atoms with Gasteiger partial charge in [-0.25, -0.2) is 0 Å². The molecule has 3 aromatic rings. The fourth-order valence-corrected chi connectivity index (χ4v) is 4.82. The third kappa shape index (κ3) is 3.71. The number of benzene rings is 2. The quantitative estimate of drug-likeness (QED) is 0.736. The van der Waals surface area contributed by atoms with Gasteiger partial charge in [0, 0.05) is 30.4 Å². The lowest BCUT2D eigenvalue weighted by molar-refractivity contribution is -0.149. The molecule has 0 saturated carbocycles. The number of hydrogen-bond donors (Lipinski definition) is 1. The first kappa shape index (κ1) is 18.5. The maximum Gasteiger partial charge on any atom is 0.0928 e. The van der Waals surface area contributed by atoms with E-state index in [0.717, 1.165) is 23.4 Å². The van der Waals surface area contributed by atoms with Crippen LogP contribution in [0.15, 0.2) is 79.0 Å². The summed E-state index contributed by atoms with van der Waals surface area (Å²) >= 11 is 0. The first-order valence-electron chi connectivity index (χ1n) is 10.3. The Morgan fingerprint density at radius 2 is 1.59 bits per heavy atom. The van der Waals surface area contributed by atoms with Crippen LogP contribution in [0.3, 0.4) is 0 Å². The normalized spacial score (nSPS) is 26.9. The van der Waals surface area contributed by atoms with Crippen molar-refractivity contribution in [1.29, 1.82) is 0 Å². The molecule has 1 aromatic heterocycles. The highest BCUT2D eigenvalue weighted by molar-refractivity contribution is 5.59. The zero-order chi connectivity index (χ0) is 19.7. The summed E-state index contributed by atoms with van der Waals surface area (Å²) in [5, 5.41) is 11.6. The molecule has 1 N–H and O–H groups in total. The second-order valence-corrected chi connectivity index (χ2v) is 8.24. The second kappa shape index (κ2) is 7.71. The average Bonchev–Trinajstić information content (AvgIpc) is 2.76. The fourth-order valence-electron chi connectivity index (χ4n) is 4.82. The molecule has 2 aromatic carbocycles. The second-order valence-electron chi connectivity index (χ2n) is 8.24. The van der Waals surface area contributed by atoms with Crippen LogP contribution in [0.5, 0.6) is 0 Å². The van der Waals surface area contributed by atoms with Gasteiger partial charge in [-0.3, -0.25) is 9.88 Å². The standard InChI is InChI=1S/C25H26N2O2/c28-25(21-11-9-20(10-12-21)24-8-4-5-13-26-24)14-22-17-29-18-23(15-25)27(22)16-19-6-2-1-3-7-19/h1-13,22-23,28H,14-18H2. The molecule has 2 atom stereocenters. The van der Waals surface area contributed by atoms with Gasteiger partial charge in [0.25, 0.3) is 0 Å². The average molecular weight is 386 g/mol. The molecular formula is C25H26N2O2. The van der Waals surface area contributed by atoms with Crippen LogP contribution in [-0.2, 0) is 16.9 Å². The van der Waals surface area contributed by atoms with Gasteiger partial charge in [-0.15, -0.1) is 0 Å². The molecule has 2 aliphatic heterocycles. The lowest BCUT2D eigenvalue weighted by atomic mass is 9.76. The number of fused-ring (bicyclic) bond motifs is 2. The molecule has 0 amide bonds. The molecule has 3 heterocycles. The summed E-state index contributed by atoms with van der Waals surface area (Å²) in [6, 6.07) is 25.2. The molecule has 0 radical (unpaired) electrons. The van der Waals surface area contributed by atoms with Crippen LogP contribution in [-0.4, -0.2) is 40.3 Å². The summed E-state index contributed by atoms with van der Waals surface area (Å²) < 4.78 is 5.85. The van der Waals surface area contributed by atoms with Crippen molar-refractivity contribution in [3.8, 4) is 11.3 Å². The van der Waals surface area contributed by atoms with Crippen LogP contribution in [0.1, 0.15) is 24.0 Å². The maximum atomic E-state index is 11.6. The summed E-state index contributed by atoms with van der Waals surface area (Å²) in [6.07, 6.45) is 3.19. The van der Waals surface area contributed by atoms with E-state index in [-0.39, 0.29) is 12.1 Å². The summed E-state index contributed by atoms with van der Waals surface area (Å²) in [7, 11) is 0. The van der Waals surface area contributed by atoms with Crippen LogP contribution in [0.25, 0.3) is 11.3 Å². The summed E-state index contributed by atoms with van der Waals surface area (Å²) in [6.45, 7) is 2.27. The monoisotopic (exact) mass is 386 g/mol. The third-order valence-corrected chi connectivity index (χ3v) is 6.30. The van der Waals surface area contributed by atoms with Crippen molar-refractivity contribution in [1.82, 2.24) is 9.88 Å². The first-order chi connectivity index (χ1) is 14.2. The van der Waals surface area contributed by atoms with Crippen LogP contribution >= 0.6 is 0 Å². The number of aromatic nitrogens is 1. The van der Waals surface area contributed by atoms with Crippen molar-refractivity contribution in [2.75, 3.05) is 13.2 Å². The predicted molar refractivity (Wildman–Crippen MR) is 113 cm³/mol.